The molecular weight excluding hydrogens is 420 g/mol. The Bertz CT molecular complexity index is 1180. The summed E-state index contributed by atoms with van der Waals surface area (Å²) in [5.74, 6) is 2.90. The lowest BCUT2D eigenvalue weighted by atomic mass is 9.98. The number of carboxylic acids is 1. The molecule has 0 bridgehead atoms. The quantitative estimate of drug-likeness (QED) is 0.549. The number of carboxylic acid groups (broad SMARTS) is 1. The molecular formula is C26H26N2O5. The van der Waals surface area contributed by atoms with Crippen molar-refractivity contribution in [2.75, 3.05) is 25.6 Å². The molecule has 1 N–H and O–H groups in total. The van der Waals surface area contributed by atoms with Gasteiger partial charge in [0.05, 0.1) is 19.2 Å². The highest BCUT2D eigenvalue weighted by Crippen LogP contribution is 2.43. The van der Waals surface area contributed by atoms with Gasteiger partial charge in [0, 0.05) is 37.2 Å². The number of pyridine rings is 1. The predicted octanol–water partition coefficient (Wildman–Crippen LogP) is 4.96. The molecule has 0 amide bonds. The second-order valence-corrected chi connectivity index (χ2v) is 8.62. The standard InChI is InChI=1S/C26H26N2O5/c1-28(2)25-11-7-18(14-27-25)33-22-5-3-4-20-21(22)9-10-23(20)32-17-6-8-19-16(12-26(29)30)15-31-24(19)13-17/h3-8,11,13-14,16,23H,9-10,12,15H2,1-2H3,(H,29,30)/t16?,23-/m1/s1. The summed E-state index contributed by atoms with van der Waals surface area (Å²) in [7, 11) is 3.91. The predicted molar refractivity (Wildman–Crippen MR) is 124 cm³/mol. The highest BCUT2D eigenvalue weighted by atomic mass is 16.5. The zero-order valence-electron chi connectivity index (χ0n) is 18.7. The van der Waals surface area contributed by atoms with E-state index in [1.807, 2.05) is 61.5 Å². The summed E-state index contributed by atoms with van der Waals surface area (Å²) in [6, 6.07) is 15.6. The van der Waals surface area contributed by atoms with E-state index >= 15 is 0 Å². The molecule has 1 aliphatic carbocycles. The fourth-order valence-electron chi connectivity index (χ4n) is 4.50. The fourth-order valence-corrected chi connectivity index (χ4v) is 4.50. The molecule has 2 atom stereocenters. The molecule has 1 aliphatic heterocycles. The normalized spacial score (nSPS) is 18.2. The van der Waals surface area contributed by atoms with Crippen molar-refractivity contribution in [2.24, 2.45) is 0 Å². The highest BCUT2D eigenvalue weighted by Gasteiger charge is 2.29. The lowest BCUT2D eigenvalue weighted by Gasteiger charge is -2.17. The van der Waals surface area contributed by atoms with Crippen LogP contribution in [0.1, 0.15) is 41.6 Å². The van der Waals surface area contributed by atoms with Gasteiger partial charge in [0.15, 0.2) is 0 Å². The van der Waals surface area contributed by atoms with Crippen molar-refractivity contribution in [3.8, 4) is 23.0 Å². The number of hydrogen-bond donors (Lipinski definition) is 1. The van der Waals surface area contributed by atoms with Crippen LogP contribution in [0.4, 0.5) is 5.82 Å². The van der Waals surface area contributed by atoms with E-state index in [1.165, 1.54) is 0 Å². The lowest BCUT2D eigenvalue weighted by molar-refractivity contribution is -0.137. The molecule has 7 nitrogen and oxygen atoms in total. The molecule has 0 fully saturated rings. The fraction of sp³-hybridized carbons (Fsp3) is 0.308. The van der Waals surface area contributed by atoms with Gasteiger partial charge in [-0.15, -0.1) is 0 Å². The van der Waals surface area contributed by atoms with Crippen LogP contribution in [0.25, 0.3) is 0 Å². The zero-order valence-corrected chi connectivity index (χ0v) is 18.7. The minimum atomic E-state index is -0.818. The number of ether oxygens (including phenoxy) is 3. The number of fused-ring (bicyclic) bond motifs is 2. The number of carbonyl (C=O) groups is 1. The average molecular weight is 447 g/mol. The van der Waals surface area contributed by atoms with Gasteiger partial charge in [-0.2, -0.15) is 0 Å². The van der Waals surface area contributed by atoms with E-state index in [4.69, 9.17) is 19.3 Å². The maximum Gasteiger partial charge on any atom is 0.304 e. The number of hydrogen-bond acceptors (Lipinski definition) is 6. The van der Waals surface area contributed by atoms with Crippen molar-refractivity contribution in [1.29, 1.82) is 0 Å². The maximum atomic E-state index is 11.1. The Hall–Kier alpha value is -3.74. The van der Waals surface area contributed by atoms with E-state index in [2.05, 4.69) is 11.1 Å². The smallest absolute Gasteiger partial charge is 0.304 e. The van der Waals surface area contributed by atoms with E-state index in [0.29, 0.717) is 18.1 Å². The van der Waals surface area contributed by atoms with Gasteiger partial charge >= 0.3 is 5.97 Å². The van der Waals surface area contributed by atoms with Gasteiger partial charge in [0.1, 0.15) is 34.9 Å². The third-order valence-electron chi connectivity index (χ3n) is 6.14. The molecule has 33 heavy (non-hydrogen) atoms. The van der Waals surface area contributed by atoms with E-state index in [1.54, 1.807) is 6.20 Å². The van der Waals surface area contributed by atoms with Crippen molar-refractivity contribution >= 4 is 11.8 Å². The van der Waals surface area contributed by atoms with Crippen LogP contribution >= 0.6 is 0 Å². The molecule has 0 saturated heterocycles. The minimum absolute atomic E-state index is 0.0688. The monoisotopic (exact) mass is 446 g/mol. The largest absolute Gasteiger partial charge is 0.492 e. The number of anilines is 1. The lowest BCUT2D eigenvalue weighted by Crippen LogP contribution is -2.10. The summed E-state index contributed by atoms with van der Waals surface area (Å²) >= 11 is 0. The Balaban J connectivity index is 1.31. The number of aliphatic carboxylic acids is 1. The van der Waals surface area contributed by atoms with Crippen LogP contribution in [-0.4, -0.2) is 36.8 Å². The average Bonchev–Trinajstić information content (AvgIpc) is 3.38. The number of nitrogens with zero attached hydrogens (tertiary/aromatic N) is 2. The Morgan fingerprint density at radius 3 is 2.76 bits per heavy atom. The second kappa shape index (κ2) is 8.65. The Kier molecular flexibility index (Phi) is 5.54. The maximum absolute atomic E-state index is 11.1. The van der Waals surface area contributed by atoms with Crippen LogP contribution in [0.3, 0.4) is 0 Å². The van der Waals surface area contributed by atoms with E-state index < -0.39 is 5.97 Å². The molecule has 0 spiro atoms. The first kappa shape index (κ1) is 21.1. The summed E-state index contributed by atoms with van der Waals surface area (Å²) < 4.78 is 18.2. The van der Waals surface area contributed by atoms with Gasteiger partial charge in [0.25, 0.3) is 0 Å². The number of benzene rings is 2. The Morgan fingerprint density at radius 1 is 1.15 bits per heavy atom. The minimum Gasteiger partial charge on any atom is -0.492 e. The van der Waals surface area contributed by atoms with E-state index in [0.717, 1.165) is 46.8 Å². The van der Waals surface area contributed by atoms with Crippen LogP contribution in [-0.2, 0) is 11.2 Å². The highest BCUT2D eigenvalue weighted by molar-refractivity contribution is 5.68. The van der Waals surface area contributed by atoms with Gasteiger partial charge in [-0.3, -0.25) is 4.79 Å². The molecule has 7 heteroatoms. The topological polar surface area (TPSA) is 81.1 Å². The first-order valence-electron chi connectivity index (χ1n) is 11.1. The van der Waals surface area contributed by atoms with Crippen LogP contribution in [0.15, 0.2) is 54.7 Å². The Labute approximate surface area is 192 Å². The van der Waals surface area contributed by atoms with Gasteiger partial charge in [0.2, 0.25) is 0 Å². The first-order chi connectivity index (χ1) is 16.0. The van der Waals surface area contributed by atoms with Crippen LogP contribution in [0.5, 0.6) is 23.0 Å². The van der Waals surface area contributed by atoms with E-state index in [9.17, 15) is 4.79 Å². The van der Waals surface area contributed by atoms with Crippen molar-refractivity contribution in [3.63, 3.8) is 0 Å². The molecule has 1 unspecified atom stereocenters. The summed E-state index contributed by atoms with van der Waals surface area (Å²) in [6.07, 6.45) is 3.44. The third-order valence-corrected chi connectivity index (χ3v) is 6.14. The first-order valence-corrected chi connectivity index (χ1v) is 11.1. The second-order valence-electron chi connectivity index (χ2n) is 8.62. The molecule has 0 radical (unpaired) electrons. The van der Waals surface area contributed by atoms with Crippen LogP contribution in [0.2, 0.25) is 0 Å². The molecule has 2 heterocycles. The third kappa shape index (κ3) is 4.31. The van der Waals surface area contributed by atoms with Gasteiger partial charge in [-0.25, -0.2) is 4.98 Å². The molecule has 2 aliphatic rings. The molecule has 170 valence electrons. The molecule has 5 rings (SSSR count). The van der Waals surface area contributed by atoms with Gasteiger partial charge < -0.3 is 24.2 Å². The zero-order chi connectivity index (χ0) is 22.9. The van der Waals surface area contributed by atoms with Crippen molar-refractivity contribution in [3.05, 3.63) is 71.4 Å². The van der Waals surface area contributed by atoms with Crippen molar-refractivity contribution in [1.82, 2.24) is 4.98 Å². The van der Waals surface area contributed by atoms with Gasteiger partial charge in [-0.1, -0.05) is 18.2 Å². The SMILES string of the molecule is CN(C)c1ccc(Oc2cccc3c2CC[C@H]3Oc2ccc3c(c2)OCC3CC(=O)O)cn1. The van der Waals surface area contributed by atoms with E-state index in [-0.39, 0.29) is 18.4 Å². The summed E-state index contributed by atoms with van der Waals surface area (Å²) in [5.41, 5.74) is 3.20. The number of rotatable bonds is 7. The summed E-state index contributed by atoms with van der Waals surface area (Å²) in [6.45, 7) is 0.391. The summed E-state index contributed by atoms with van der Waals surface area (Å²) in [5, 5.41) is 9.09. The van der Waals surface area contributed by atoms with Crippen LogP contribution in [0, 0.1) is 0 Å². The molecule has 0 saturated carbocycles. The molecule has 3 aromatic rings. The molecule has 2 aromatic carbocycles. The van der Waals surface area contributed by atoms with Crippen molar-refractivity contribution in [2.45, 2.75) is 31.3 Å². The van der Waals surface area contributed by atoms with Gasteiger partial charge in [-0.05, 0) is 42.7 Å². The Morgan fingerprint density at radius 2 is 2.00 bits per heavy atom. The molecule has 1 aromatic heterocycles. The van der Waals surface area contributed by atoms with Crippen LogP contribution < -0.4 is 19.1 Å². The summed E-state index contributed by atoms with van der Waals surface area (Å²) in [4.78, 5) is 17.4. The van der Waals surface area contributed by atoms with Crippen molar-refractivity contribution < 1.29 is 24.1 Å². The number of aromatic nitrogens is 1.